The number of imidazole rings is 1. The highest BCUT2D eigenvalue weighted by atomic mass is 19.1. The van der Waals surface area contributed by atoms with E-state index in [9.17, 15) is 9.50 Å². The molecule has 0 spiro atoms. The summed E-state index contributed by atoms with van der Waals surface area (Å²) in [6.07, 6.45) is 2.88. The fourth-order valence-electron chi connectivity index (χ4n) is 2.92. The van der Waals surface area contributed by atoms with Crippen molar-refractivity contribution in [1.29, 1.82) is 0 Å². The molecule has 0 aliphatic heterocycles. The molecule has 0 radical (unpaired) electrons. The Kier molecular flexibility index (Phi) is 3.90. The Morgan fingerprint density at radius 2 is 1.88 bits per heavy atom. The highest BCUT2D eigenvalue weighted by Crippen LogP contribution is 2.26. The van der Waals surface area contributed by atoms with Crippen molar-refractivity contribution in [2.45, 2.75) is 12.8 Å². The number of H-pyrrole nitrogens is 1. The first-order valence-corrected chi connectivity index (χ1v) is 8.06. The van der Waals surface area contributed by atoms with Crippen LogP contribution in [0.1, 0.15) is 11.1 Å². The van der Waals surface area contributed by atoms with Crippen LogP contribution in [0.2, 0.25) is 0 Å². The van der Waals surface area contributed by atoms with E-state index in [1.165, 1.54) is 6.07 Å². The maximum atomic E-state index is 13.8. The summed E-state index contributed by atoms with van der Waals surface area (Å²) in [6, 6.07) is 15.8. The summed E-state index contributed by atoms with van der Waals surface area (Å²) in [5.74, 6) is 0.609. The molecule has 0 aliphatic rings. The van der Waals surface area contributed by atoms with Gasteiger partial charge in [-0.1, -0.05) is 18.2 Å². The van der Waals surface area contributed by atoms with Gasteiger partial charge in [-0.25, -0.2) is 14.4 Å². The number of nitrogens with one attached hydrogen (secondary N) is 1. The van der Waals surface area contributed by atoms with Crippen LogP contribution in [-0.2, 0) is 12.8 Å². The van der Waals surface area contributed by atoms with Crippen LogP contribution >= 0.6 is 0 Å². The van der Waals surface area contributed by atoms with E-state index in [2.05, 4.69) is 15.0 Å². The number of phenols is 1. The van der Waals surface area contributed by atoms with Crippen molar-refractivity contribution in [1.82, 2.24) is 15.0 Å². The van der Waals surface area contributed by atoms with Crippen LogP contribution in [0, 0.1) is 5.82 Å². The number of aromatic nitrogens is 3. The van der Waals surface area contributed by atoms with Gasteiger partial charge in [-0.05, 0) is 60.4 Å². The first kappa shape index (κ1) is 15.3. The van der Waals surface area contributed by atoms with Gasteiger partial charge in [0.1, 0.15) is 17.4 Å². The van der Waals surface area contributed by atoms with Crippen molar-refractivity contribution < 1.29 is 9.50 Å². The number of fused-ring (bicyclic) bond motifs is 1. The molecule has 0 saturated heterocycles. The largest absolute Gasteiger partial charge is 0.508 e. The summed E-state index contributed by atoms with van der Waals surface area (Å²) in [6.45, 7) is 0. The van der Waals surface area contributed by atoms with Crippen LogP contribution in [-0.4, -0.2) is 20.1 Å². The summed E-state index contributed by atoms with van der Waals surface area (Å²) in [5.41, 5.74) is 3.84. The Balaban J connectivity index is 1.63. The number of halogens is 1. The minimum atomic E-state index is -0.203. The van der Waals surface area contributed by atoms with Gasteiger partial charge in [0.05, 0.1) is 5.52 Å². The molecule has 2 N–H and O–H groups in total. The molecule has 2 aromatic heterocycles. The zero-order chi connectivity index (χ0) is 17.2. The molecular formula is C20H16FN3O. The summed E-state index contributed by atoms with van der Waals surface area (Å²) in [4.78, 5) is 11.9. The zero-order valence-electron chi connectivity index (χ0n) is 13.4. The fraction of sp³-hybridized carbons (Fsp3) is 0.100. The molecule has 0 saturated carbocycles. The molecule has 25 heavy (non-hydrogen) atoms. The first-order valence-electron chi connectivity index (χ1n) is 8.06. The van der Waals surface area contributed by atoms with Gasteiger partial charge in [-0.15, -0.1) is 0 Å². The number of hydrogen-bond donors (Lipinski definition) is 2. The van der Waals surface area contributed by atoms with Gasteiger partial charge >= 0.3 is 0 Å². The van der Waals surface area contributed by atoms with Crippen LogP contribution in [0.15, 0.2) is 60.8 Å². The van der Waals surface area contributed by atoms with Gasteiger partial charge < -0.3 is 10.1 Å². The van der Waals surface area contributed by atoms with Gasteiger partial charge in [-0.2, -0.15) is 0 Å². The van der Waals surface area contributed by atoms with Gasteiger partial charge in [0.25, 0.3) is 0 Å². The lowest BCUT2D eigenvalue weighted by molar-refractivity contribution is 0.474. The SMILES string of the molecule is Oc1cc(CCc2ccccc2F)cc(-c2nc3ncccc3[nH]2)c1. The van der Waals surface area contributed by atoms with E-state index in [1.54, 1.807) is 30.5 Å². The molecule has 4 rings (SSSR count). The predicted molar refractivity (Wildman–Crippen MR) is 94.8 cm³/mol. The Hall–Kier alpha value is -3.21. The Labute approximate surface area is 144 Å². The highest BCUT2D eigenvalue weighted by molar-refractivity contribution is 5.76. The van der Waals surface area contributed by atoms with E-state index in [-0.39, 0.29) is 11.6 Å². The minimum absolute atomic E-state index is 0.162. The predicted octanol–water partition coefficient (Wildman–Crippen LogP) is 4.25. The van der Waals surface area contributed by atoms with E-state index in [0.29, 0.717) is 29.9 Å². The first-order chi connectivity index (χ1) is 12.2. The van der Waals surface area contributed by atoms with Crippen LogP contribution in [0.4, 0.5) is 4.39 Å². The van der Waals surface area contributed by atoms with Gasteiger partial charge in [-0.3, -0.25) is 0 Å². The molecule has 5 heteroatoms. The smallest absolute Gasteiger partial charge is 0.178 e. The molecule has 0 unspecified atom stereocenters. The number of rotatable bonds is 4. The highest BCUT2D eigenvalue weighted by Gasteiger charge is 2.09. The minimum Gasteiger partial charge on any atom is -0.508 e. The van der Waals surface area contributed by atoms with E-state index >= 15 is 0 Å². The van der Waals surface area contributed by atoms with Gasteiger partial charge in [0.15, 0.2) is 5.65 Å². The third-order valence-electron chi connectivity index (χ3n) is 4.15. The molecule has 0 amide bonds. The molecule has 2 aromatic carbocycles. The summed E-state index contributed by atoms with van der Waals surface area (Å²) < 4.78 is 13.8. The van der Waals surface area contributed by atoms with Crippen molar-refractivity contribution in [2.24, 2.45) is 0 Å². The quantitative estimate of drug-likeness (QED) is 0.587. The fourth-order valence-corrected chi connectivity index (χ4v) is 2.92. The van der Waals surface area contributed by atoms with Crippen LogP contribution < -0.4 is 0 Å². The van der Waals surface area contributed by atoms with Crippen molar-refractivity contribution in [3.05, 3.63) is 77.7 Å². The second kappa shape index (κ2) is 6.36. The number of phenolic OH excluding ortho intramolecular Hbond substituents is 1. The van der Waals surface area contributed by atoms with E-state index < -0.39 is 0 Å². The summed E-state index contributed by atoms with van der Waals surface area (Å²) in [7, 11) is 0. The summed E-state index contributed by atoms with van der Waals surface area (Å²) in [5, 5.41) is 10.1. The lowest BCUT2D eigenvalue weighted by Gasteiger charge is -2.06. The standard InChI is InChI=1S/C20H16FN3O/c21-17-5-2-1-4-14(17)8-7-13-10-15(12-16(25)11-13)19-23-18-6-3-9-22-20(18)24-19/h1-6,9-12,25H,7-8H2,(H,22,23,24). The number of aromatic amines is 1. The van der Waals surface area contributed by atoms with E-state index in [0.717, 1.165) is 16.6 Å². The average Bonchev–Trinajstić information content (AvgIpc) is 3.05. The second-order valence-electron chi connectivity index (χ2n) is 5.94. The Morgan fingerprint density at radius 3 is 2.72 bits per heavy atom. The normalized spacial score (nSPS) is 11.1. The summed E-state index contributed by atoms with van der Waals surface area (Å²) >= 11 is 0. The van der Waals surface area contributed by atoms with Gasteiger partial charge in [0, 0.05) is 11.8 Å². The van der Waals surface area contributed by atoms with Crippen molar-refractivity contribution in [2.75, 3.05) is 0 Å². The molecule has 0 fully saturated rings. The lowest BCUT2D eigenvalue weighted by atomic mass is 10.0. The number of pyridine rings is 1. The van der Waals surface area contributed by atoms with Crippen LogP contribution in [0.5, 0.6) is 5.75 Å². The van der Waals surface area contributed by atoms with Crippen LogP contribution in [0.3, 0.4) is 0 Å². The van der Waals surface area contributed by atoms with Crippen molar-refractivity contribution >= 4 is 11.2 Å². The zero-order valence-corrected chi connectivity index (χ0v) is 13.4. The Bertz CT molecular complexity index is 1010. The molecule has 0 aliphatic carbocycles. The monoisotopic (exact) mass is 333 g/mol. The van der Waals surface area contributed by atoms with E-state index in [1.807, 2.05) is 24.3 Å². The molecule has 4 aromatic rings. The number of benzene rings is 2. The second-order valence-corrected chi connectivity index (χ2v) is 5.94. The molecule has 0 bridgehead atoms. The number of aryl methyl sites for hydroxylation is 2. The number of hydrogen-bond acceptors (Lipinski definition) is 3. The van der Waals surface area contributed by atoms with E-state index in [4.69, 9.17) is 0 Å². The topological polar surface area (TPSA) is 61.8 Å². The maximum Gasteiger partial charge on any atom is 0.178 e. The van der Waals surface area contributed by atoms with Crippen LogP contribution in [0.25, 0.3) is 22.6 Å². The molecule has 124 valence electrons. The lowest BCUT2D eigenvalue weighted by Crippen LogP contribution is -1.95. The molecule has 4 nitrogen and oxygen atoms in total. The third kappa shape index (κ3) is 3.21. The molecular weight excluding hydrogens is 317 g/mol. The molecule has 2 heterocycles. The molecule has 0 atom stereocenters. The number of nitrogens with zero attached hydrogens (tertiary/aromatic N) is 2. The number of aromatic hydroxyl groups is 1. The third-order valence-corrected chi connectivity index (χ3v) is 4.15. The Morgan fingerprint density at radius 1 is 1.00 bits per heavy atom. The van der Waals surface area contributed by atoms with Crippen molar-refractivity contribution in [3.63, 3.8) is 0 Å². The van der Waals surface area contributed by atoms with Gasteiger partial charge in [0.2, 0.25) is 0 Å². The van der Waals surface area contributed by atoms with Crippen molar-refractivity contribution in [3.8, 4) is 17.1 Å². The maximum absolute atomic E-state index is 13.8. The average molecular weight is 333 g/mol.